The molecule has 0 amide bonds. The van der Waals surface area contributed by atoms with E-state index in [2.05, 4.69) is 13.2 Å². The molecule has 0 aliphatic rings. The molecule has 2 aromatic rings. The molecule has 2 N–H and O–H groups in total. The van der Waals surface area contributed by atoms with Gasteiger partial charge in [-0.3, -0.25) is 0 Å². The molecule has 0 radical (unpaired) electrons. The quantitative estimate of drug-likeness (QED) is 0.534. The zero-order valence-corrected chi connectivity index (χ0v) is 15.4. The second-order valence-electron chi connectivity index (χ2n) is 6.82. The summed E-state index contributed by atoms with van der Waals surface area (Å²) in [6.07, 6.45) is 0. The molecule has 0 saturated heterocycles. The first-order valence-electron chi connectivity index (χ1n) is 8.13. The summed E-state index contributed by atoms with van der Waals surface area (Å²) >= 11 is 0. The van der Waals surface area contributed by atoms with Gasteiger partial charge in [0.05, 0.1) is 22.3 Å². The summed E-state index contributed by atoms with van der Waals surface area (Å²) in [6.45, 7) is 9.12. The van der Waals surface area contributed by atoms with Crippen LogP contribution < -0.4 is 0 Å². The first-order valence-corrected chi connectivity index (χ1v) is 8.13. The fraction of sp³-hybridized carbons (Fsp3) is 0.143. The van der Waals surface area contributed by atoms with Crippen LogP contribution in [0.25, 0.3) is 11.1 Å². The van der Waals surface area contributed by atoms with Crippen LogP contribution in [0, 0.1) is 23.3 Å². The van der Waals surface area contributed by atoms with Crippen molar-refractivity contribution >= 4 is 23.1 Å². The summed E-state index contributed by atoms with van der Waals surface area (Å²) in [6, 6.07) is 3.41. The van der Waals surface area contributed by atoms with E-state index in [0.29, 0.717) is 0 Å². The van der Waals surface area contributed by atoms with Crippen LogP contribution in [0.3, 0.4) is 0 Å². The van der Waals surface area contributed by atoms with E-state index in [-0.39, 0.29) is 11.1 Å². The topological polar surface area (TPSA) is 74.6 Å². The lowest BCUT2D eigenvalue weighted by Gasteiger charge is -2.27. The Morgan fingerprint density at radius 1 is 0.724 bits per heavy atom. The molecule has 0 fully saturated rings. The van der Waals surface area contributed by atoms with Gasteiger partial charge in [-0.25, -0.2) is 27.2 Å². The third-order valence-corrected chi connectivity index (χ3v) is 4.65. The molecule has 0 aromatic heterocycles. The molecule has 2 aromatic carbocycles. The smallest absolute Gasteiger partial charge is 0.335 e. The van der Waals surface area contributed by atoms with Crippen LogP contribution in [0.5, 0.6) is 0 Å². The van der Waals surface area contributed by atoms with Gasteiger partial charge in [-0.15, -0.1) is 0 Å². The number of hydrogen-bond acceptors (Lipinski definition) is 2. The average molecular weight is 408 g/mol. The Bertz CT molecular complexity index is 941. The molecule has 8 heteroatoms. The summed E-state index contributed by atoms with van der Waals surface area (Å²) in [5.41, 5.74) is -4.58. The zero-order chi connectivity index (χ0) is 22.3. The van der Waals surface area contributed by atoms with Crippen LogP contribution in [-0.4, -0.2) is 22.2 Å². The highest BCUT2D eigenvalue weighted by molar-refractivity contribution is 6.15. The molecule has 2 rings (SSSR count). The van der Waals surface area contributed by atoms with Gasteiger partial charge in [-0.1, -0.05) is 27.0 Å². The van der Waals surface area contributed by atoms with Gasteiger partial charge in [0.2, 0.25) is 0 Å². The third kappa shape index (κ3) is 3.91. The lowest BCUT2D eigenvalue weighted by Crippen LogP contribution is -2.21. The summed E-state index contributed by atoms with van der Waals surface area (Å²) in [5, 5.41) is 17.8. The molecule has 0 atom stereocenters. The van der Waals surface area contributed by atoms with Crippen LogP contribution in [0.15, 0.2) is 37.4 Å². The van der Waals surface area contributed by atoms with Crippen molar-refractivity contribution in [3.05, 3.63) is 82.9 Å². The molecular weight excluding hydrogens is 392 g/mol. The Kier molecular flexibility index (Phi) is 5.69. The summed E-state index contributed by atoms with van der Waals surface area (Å²) in [7, 11) is 0. The largest absolute Gasteiger partial charge is 0.478 e. The van der Waals surface area contributed by atoms with Gasteiger partial charge in [0.1, 0.15) is 23.3 Å². The fourth-order valence-corrected chi connectivity index (χ4v) is 2.83. The molecule has 4 nitrogen and oxygen atoms in total. The van der Waals surface area contributed by atoms with Crippen LogP contribution in [0.2, 0.25) is 0 Å². The SMILES string of the molecule is C=C(C(=O)O)c1c(F)cc(C(C)(C)c2cc(F)c(C(=C)C(=O)O)c(F)c2)cc1F. The lowest BCUT2D eigenvalue weighted by atomic mass is 9.77. The highest BCUT2D eigenvalue weighted by Crippen LogP contribution is 2.36. The van der Waals surface area contributed by atoms with Crippen LogP contribution in [-0.2, 0) is 15.0 Å². The minimum Gasteiger partial charge on any atom is -0.478 e. The van der Waals surface area contributed by atoms with Crippen LogP contribution in [0.4, 0.5) is 17.6 Å². The number of carbonyl (C=O) groups is 2. The van der Waals surface area contributed by atoms with E-state index in [9.17, 15) is 27.2 Å². The molecule has 0 spiro atoms. The number of carboxylic acid groups (broad SMARTS) is 2. The standard InChI is InChI=1S/C21H16F4O4/c1-9(19(26)27)17-13(22)5-11(6-14(17)23)21(3,4)12-7-15(24)18(16(25)8-12)10(2)20(28)29/h5-8H,1-2H2,3-4H3,(H,26,27)(H,28,29). The van der Waals surface area contributed by atoms with Crippen molar-refractivity contribution in [2.45, 2.75) is 19.3 Å². The Morgan fingerprint density at radius 2 is 0.966 bits per heavy atom. The second-order valence-corrected chi connectivity index (χ2v) is 6.82. The van der Waals surface area contributed by atoms with Gasteiger partial charge in [-0.05, 0) is 35.4 Å². The average Bonchev–Trinajstić information content (AvgIpc) is 2.59. The van der Waals surface area contributed by atoms with Crippen molar-refractivity contribution in [3.63, 3.8) is 0 Å². The van der Waals surface area contributed by atoms with E-state index in [1.807, 2.05) is 0 Å². The van der Waals surface area contributed by atoms with Crippen molar-refractivity contribution in [2.75, 3.05) is 0 Å². The van der Waals surface area contributed by atoms with Crippen molar-refractivity contribution in [3.8, 4) is 0 Å². The first kappa shape index (κ1) is 21.9. The maximum atomic E-state index is 14.4. The Hall–Kier alpha value is -3.42. The number of benzene rings is 2. The first-order chi connectivity index (χ1) is 13.3. The van der Waals surface area contributed by atoms with Crippen molar-refractivity contribution in [2.24, 2.45) is 0 Å². The Balaban J connectivity index is 2.62. The number of carboxylic acids is 2. The maximum Gasteiger partial charge on any atom is 0.335 e. The van der Waals surface area contributed by atoms with Crippen molar-refractivity contribution < 1.29 is 37.4 Å². The molecule has 0 bridgehead atoms. The van der Waals surface area contributed by atoms with E-state index in [1.165, 1.54) is 13.8 Å². The number of rotatable bonds is 6. The van der Waals surface area contributed by atoms with E-state index < -0.39 is 62.9 Å². The van der Waals surface area contributed by atoms with E-state index in [4.69, 9.17) is 10.2 Å². The number of aliphatic carboxylic acids is 2. The second kappa shape index (κ2) is 7.54. The summed E-state index contributed by atoms with van der Waals surface area (Å²) < 4.78 is 57.6. The number of halogens is 4. The van der Waals surface area contributed by atoms with Crippen LogP contribution in [0.1, 0.15) is 36.1 Å². The molecular formula is C21H16F4O4. The van der Waals surface area contributed by atoms with E-state index in [1.54, 1.807) is 0 Å². The fourth-order valence-electron chi connectivity index (χ4n) is 2.83. The normalized spacial score (nSPS) is 11.2. The van der Waals surface area contributed by atoms with Gasteiger partial charge in [-0.2, -0.15) is 0 Å². The Morgan fingerprint density at radius 3 is 1.17 bits per heavy atom. The molecule has 0 unspecified atom stereocenters. The van der Waals surface area contributed by atoms with Gasteiger partial charge >= 0.3 is 11.9 Å². The lowest BCUT2D eigenvalue weighted by molar-refractivity contribution is -0.131. The minimum atomic E-state index is -1.60. The Labute approximate surface area is 163 Å². The van der Waals surface area contributed by atoms with Gasteiger partial charge in [0.25, 0.3) is 0 Å². The molecule has 0 heterocycles. The van der Waals surface area contributed by atoms with Gasteiger partial charge < -0.3 is 10.2 Å². The van der Waals surface area contributed by atoms with Crippen molar-refractivity contribution in [1.29, 1.82) is 0 Å². The number of hydrogen-bond donors (Lipinski definition) is 2. The van der Waals surface area contributed by atoms with E-state index >= 15 is 0 Å². The van der Waals surface area contributed by atoms with Gasteiger partial charge in [0, 0.05) is 5.41 Å². The highest BCUT2D eigenvalue weighted by atomic mass is 19.1. The van der Waals surface area contributed by atoms with Gasteiger partial charge in [0.15, 0.2) is 0 Å². The summed E-state index contributed by atoms with van der Waals surface area (Å²) in [5.74, 6) is -7.99. The van der Waals surface area contributed by atoms with Crippen molar-refractivity contribution in [1.82, 2.24) is 0 Å². The molecule has 0 aliphatic carbocycles. The molecule has 29 heavy (non-hydrogen) atoms. The highest BCUT2D eigenvalue weighted by Gasteiger charge is 2.30. The minimum absolute atomic E-state index is 0.0296. The predicted molar refractivity (Wildman–Crippen MR) is 98.2 cm³/mol. The third-order valence-electron chi connectivity index (χ3n) is 4.65. The predicted octanol–water partition coefficient (Wildman–Crippen LogP) is 4.76. The molecule has 0 aliphatic heterocycles. The molecule has 0 saturated carbocycles. The van der Waals surface area contributed by atoms with Crippen LogP contribution >= 0.6 is 0 Å². The summed E-state index contributed by atoms with van der Waals surface area (Å²) in [4.78, 5) is 21.9. The zero-order valence-electron chi connectivity index (χ0n) is 15.4. The monoisotopic (exact) mass is 408 g/mol. The van der Waals surface area contributed by atoms with E-state index in [0.717, 1.165) is 24.3 Å². The maximum absolute atomic E-state index is 14.4. The molecule has 152 valence electrons.